The first-order valence-corrected chi connectivity index (χ1v) is 10.7. The van der Waals surface area contributed by atoms with Crippen LogP contribution in [0.1, 0.15) is 12.0 Å². The summed E-state index contributed by atoms with van der Waals surface area (Å²) in [5, 5.41) is 0. The first-order valence-electron chi connectivity index (χ1n) is 9.63. The Morgan fingerprint density at radius 3 is 2.27 bits per heavy atom. The molecule has 2 aromatic carbocycles. The first-order chi connectivity index (χ1) is 14.2. The van der Waals surface area contributed by atoms with Crippen molar-refractivity contribution in [3.05, 3.63) is 57.7 Å². The van der Waals surface area contributed by atoms with Gasteiger partial charge in [-0.3, -0.25) is 9.59 Å². The molecule has 2 aliphatic heterocycles. The van der Waals surface area contributed by atoms with Crippen LogP contribution in [0.4, 0.5) is 24.5 Å². The van der Waals surface area contributed by atoms with Crippen LogP contribution in [-0.2, 0) is 15.8 Å². The van der Waals surface area contributed by atoms with E-state index < -0.39 is 17.8 Å². The van der Waals surface area contributed by atoms with Crippen LogP contribution in [0, 0.1) is 3.57 Å². The number of carbonyl (C=O) groups is 2. The van der Waals surface area contributed by atoms with E-state index >= 15 is 0 Å². The fourth-order valence-corrected chi connectivity index (χ4v) is 4.45. The van der Waals surface area contributed by atoms with Gasteiger partial charge in [-0.05, 0) is 65.1 Å². The summed E-state index contributed by atoms with van der Waals surface area (Å²) < 4.78 is 40.0. The molecule has 0 aromatic heterocycles. The number of amides is 2. The van der Waals surface area contributed by atoms with Gasteiger partial charge >= 0.3 is 6.18 Å². The van der Waals surface area contributed by atoms with Crippen molar-refractivity contribution in [1.82, 2.24) is 0 Å². The quantitative estimate of drug-likeness (QED) is 0.490. The number of imide groups is 1. The van der Waals surface area contributed by atoms with Gasteiger partial charge in [-0.1, -0.05) is 6.07 Å². The predicted molar refractivity (Wildman–Crippen MR) is 114 cm³/mol. The Balaban J connectivity index is 1.43. The lowest BCUT2D eigenvalue weighted by Crippen LogP contribution is -3.19. The van der Waals surface area contributed by atoms with Crippen molar-refractivity contribution in [3.8, 4) is 0 Å². The summed E-state index contributed by atoms with van der Waals surface area (Å²) >= 11 is 2.16. The minimum atomic E-state index is -4.38. The summed E-state index contributed by atoms with van der Waals surface area (Å²) in [6, 6.07) is 12.1. The summed E-state index contributed by atoms with van der Waals surface area (Å²) in [6.07, 6.45) is -4.22. The van der Waals surface area contributed by atoms with Crippen LogP contribution in [-0.4, -0.2) is 44.0 Å². The fraction of sp³-hybridized carbons (Fsp3) is 0.333. The molecule has 2 heterocycles. The largest absolute Gasteiger partial charge is 0.416 e. The summed E-state index contributed by atoms with van der Waals surface area (Å²) in [5.41, 5.74) is 0.438. The molecule has 158 valence electrons. The average molecular weight is 530 g/mol. The summed E-state index contributed by atoms with van der Waals surface area (Å²) in [5.74, 6) is -0.414. The van der Waals surface area contributed by atoms with Crippen molar-refractivity contribution in [2.75, 3.05) is 36.0 Å². The molecular weight excluding hydrogens is 510 g/mol. The molecule has 30 heavy (non-hydrogen) atoms. The van der Waals surface area contributed by atoms with Crippen molar-refractivity contribution in [1.29, 1.82) is 0 Å². The number of rotatable bonds is 3. The van der Waals surface area contributed by atoms with E-state index in [1.54, 1.807) is 18.2 Å². The van der Waals surface area contributed by atoms with E-state index in [-0.39, 0.29) is 18.2 Å². The molecule has 0 saturated carbocycles. The minimum Gasteiger partial charge on any atom is -0.360 e. The Morgan fingerprint density at radius 1 is 0.967 bits per heavy atom. The molecule has 5 nitrogen and oxygen atoms in total. The molecule has 9 heteroatoms. The van der Waals surface area contributed by atoms with E-state index in [0.29, 0.717) is 37.6 Å². The molecule has 1 N–H and O–H groups in total. The molecule has 0 spiro atoms. The Bertz CT molecular complexity index is 957. The third-order valence-corrected chi connectivity index (χ3v) is 6.39. The number of alkyl halides is 3. The highest BCUT2D eigenvalue weighted by Crippen LogP contribution is 2.31. The van der Waals surface area contributed by atoms with Gasteiger partial charge < -0.3 is 9.80 Å². The number of quaternary nitrogens is 1. The second kappa shape index (κ2) is 8.18. The van der Waals surface area contributed by atoms with Gasteiger partial charge in [0.1, 0.15) is 0 Å². The Hall–Kier alpha value is -2.14. The summed E-state index contributed by atoms with van der Waals surface area (Å²) in [7, 11) is 0. The summed E-state index contributed by atoms with van der Waals surface area (Å²) in [6.45, 7) is 2.22. The van der Waals surface area contributed by atoms with E-state index in [1.165, 1.54) is 11.0 Å². The van der Waals surface area contributed by atoms with Crippen molar-refractivity contribution in [2.24, 2.45) is 0 Å². The monoisotopic (exact) mass is 530 g/mol. The molecule has 4 rings (SSSR count). The molecular formula is C21H20F3IN3O2+. The van der Waals surface area contributed by atoms with Gasteiger partial charge in [-0.2, -0.15) is 13.2 Å². The normalized spacial score (nSPS) is 20.9. The zero-order chi connectivity index (χ0) is 21.5. The second-order valence-electron chi connectivity index (χ2n) is 7.49. The van der Waals surface area contributed by atoms with Gasteiger partial charge in [0.15, 0.2) is 6.04 Å². The molecule has 2 saturated heterocycles. The number of nitrogens with zero attached hydrogens (tertiary/aromatic N) is 2. The van der Waals surface area contributed by atoms with Crippen LogP contribution in [0.25, 0.3) is 0 Å². The molecule has 2 fully saturated rings. The van der Waals surface area contributed by atoms with Gasteiger partial charge in [0, 0.05) is 9.26 Å². The first kappa shape index (κ1) is 21.1. The van der Waals surface area contributed by atoms with E-state index in [0.717, 1.165) is 20.6 Å². The van der Waals surface area contributed by atoms with Crippen molar-refractivity contribution in [3.63, 3.8) is 0 Å². The number of hydrogen-bond donors (Lipinski definition) is 1. The molecule has 0 bridgehead atoms. The number of nitrogens with one attached hydrogen (secondary N) is 1. The van der Waals surface area contributed by atoms with Gasteiger partial charge in [-0.15, -0.1) is 0 Å². The number of piperazine rings is 1. The predicted octanol–water partition coefficient (Wildman–Crippen LogP) is 2.35. The zero-order valence-electron chi connectivity index (χ0n) is 16.0. The van der Waals surface area contributed by atoms with Crippen LogP contribution >= 0.6 is 22.6 Å². The van der Waals surface area contributed by atoms with Gasteiger partial charge in [0.2, 0.25) is 5.91 Å². The van der Waals surface area contributed by atoms with Gasteiger partial charge in [0.05, 0.1) is 43.9 Å². The maximum Gasteiger partial charge on any atom is 0.416 e. The number of benzene rings is 2. The average Bonchev–Trinajstić information content (AvgIpc) is 3.02. The smallest absolute Gasteiger partial charge is 0.360 e. The highest BCUT2D eigenvalue weighted by Gasteiger charge is 2.46. The molecule has 0 unspecified atom stereocenters. The number of carbonyl (C=O) groups excluding carboxylic acids is 2. The lowest BCUT2D eigenvalue weighted by molar-refractivity contribution is -0.915. The number of halogens is 4. The third-order valence-electron chi connectivity index (χ3n) is 5.67. The van der Waals surface area contributed by atoms with Crippen molar-refractivity contribution >= 4 is 45.8 Å². The van der Waals surface area contributed by atoms with Crippen LogP contribution in [0.15, 0.2) is 48.5 Å². The van der Waals surface area contributed by atoms with E-state index in [9.17, 15) is 22.8 Å². The van der Waals surface area contributed by atoms with E-state index in [4.69, 9.17) is 0 Å². The molecule has 2 amide bonds. The maximum absolute atomic E-state index is 13.0. The van der Waals surface area contributed by atoms with Crippen LogP contribution in [0.5, 0.6) is 0 Å². The topological polar surface area (TPSA) is 45.1 Å². The van der Waals surface area contributed by atoms with E-state index in [2.05, 4.69) is 22.6 Å². The Kier molecular flexibility index (Phi) is 5.75. The SMILES string of the molecule is O=C1C[C@@H]([NH+]2CCN(c3cccc(C(F)(F)F)c3)CC2)C(=O)N1c1ccc(I)cc1. The van der Waals surface area contributed by atoms with Gasteiger partial charge in [0.25, 0.3) is 5.91 Å². The zero-order valence-corrected chi connectivity index (χ0v) is 18.1. The molecule has 0 radical (unpaired) electrons. The number of anilines is 2. The van der Waals surface area contributed by atoms with Gasteiger partial charge in [-0.25, -0.2) is 4.90 Å². The third kappa shape index (κ3) is 4.18. The van der Waals surface area contributed by atoms with Crippen LogP contribution in [0.2, 0.25) is 0 Å². The van der Waals surface area contributed by atoms with Crippen molar-refractivity contribution < 1.29 is 27.7 Å². The standard InChI is InChI=1S/C21H19F3IN3O2/c22-21(23,24)14-2-1-3-17(12-14)26-8-10-27(11-9-26)18-13-19(29)28(20(18)30)16-6-4-15(25)5-7-16/h1-7,12,18H,8-11,13H2/p+1/t18-/m1/s1. The summed E-state index contributed by atoms with van der Waals surface area (Å²) in [4.78, 5) is 29.6. The maximum atomic E-state index is 13.0. The molecule has 2 aromatic rings. The molecule has 1 atom stereocenters. The Labute approximate surface area is 185 Å². The highest BCUT2D eigenvalue weighted by molar-refractivity contribution is 14.1. The lowest BCUT2D eigenvalue weighted by Gasteiger charge is -2.35. The number of hydrogen-bond acceptors (Lipinski definition) is 3. The van der Waals surface area contributed by atoms with Crippen LogP contribution in [0.3, 0.4) is 0 Å². The fourth-order valence-electron chi connectivity index (χ4n) is 4.09. The lowest BCUT2D eigenvalue weighted by atomic mass is 10.1. The van der Waals surface area contributed by atoms with Crippen molar-refractivity contribution in [2.45, 2.75) is 18.6 Å². The van der Waals surface area contributed by atoms with Crippen LogP contribution < -0.4 is 14.7 Å². The highest BCUT2D eigenvalue weighted by atomic mass is 127. The minimum absolute atomic E-state index is 0.156. The molecule has 0 aliphatic carbocycles. The van der Waals surface area contributed by atoms with E-state index in [1.807, 2.05) is 17.0 Å². The molecule has 2 aliphatic rings. The second-order valence-corrected chi connectivity index (χ2v) is 8.74. The Morgan fingerprint density at radius 2 is 1.63 bits per heavy atom.